The number of aliphatic hydroxyl groups excluding tert-OH is 1. The van der Waals surface area contributed by atoms with Crippen LogP contribution in [0.4, 0.5) is 4.39 Å². The molecule has 1 heterocycles. The summed E-state index contributed by atoms with van der Waals surface area (Å²) in [5.74, 6) is -0.379. The summed E-state index contributed by atoms with van der Waals surface area (Å²) < 4.78 is 14.9. The number of hydrogen-bond donors (Lipinski definition) is 4. The molecule has 1 aromatic carbocycles. The number of likely N-dealkylation sites (tertiary alicyclic amines) is 1. The molecule has 7 nitrogen and oxygen atoms in total. The number of amides is 2. The molecule has 0 spiro atoms. The monoisotopic (exact) mass is 540 g/mol. The van der Waals surface area contributed by atoms with Crippen molar-refractivity contribution in [3.8, 4) is 0 Å². The molecule has 5 N–H and O–H groups in total. The van der Waals surface area contributed by atoms with Crippen molar-refractivity contribution < 1.29 is 19.1 Å². The van der Waals surface area contributed by atoms with Crippen molar-refractivity contribution in [1.82, 2.24) is 15.5 Å². The molecule has 0 radical (unpaired) electrons. The van der Waals surface area contributed by atoms with Gasteiger partial charge in [-0.15, -0.1) is 0 Å². The van der Waals surface area contributed by atoms with Crippen molar-refractivity contribution in [2.75, 3.05) is 13.1 Å². The Labute approximate surface area is 210 Å². The molecule has 2 aliphatic rings. The fourth-order valence-corrected chi connectivity index (χ4v) is 4.92. The molecule has 1 saturated carbocycles. The highest BCUT2D eigenvalue weighted by Gasteiger charge is 2.44. The second kappa shape index (κ2) is 11.0. The van der Waals surface area contributed by atoms with E-state index >= 15 is 0 Å². The normalized spacial score (nSPS) is 23.5. The molecule has 0 bridgehead atoms. The molecule has 1 aliphatic heterocycles. The summed E-state index contributed by atoms with van der Waals surface area (Å²) in [7, 11) is 0. The Bertz CT molecular complexity index is 889. The lowest BCUT2D eigenvalue weighted by molar-refractivity contribution is -0.142. The van der Waals surface area contributed by atoms with E-state index in [-0.39, 0.29) is 42.7 Å². The maximum Gasteiger partial charge on any atom is 0.243 e. The molecular formula is C25H38BrFN4O3. The molecule has 5 atom stereocenters. The van der Waals surface area contributed by atoms with Crippen molar-refractivity contribution >= 4 is 27.7 Å². The lowest BCUT2D eigenvalue weighted by atomic mass is 9.85. The summed E-state index contributed by atoms with van der Waals surface area (Å²) in [5.41, 5.74) is 6.34. The number of carbonyl (C=O) groups excluding carboxylic acids is 2. The quantitative estimate of drug-likeness (QED) is 0.384. The number of nitrogens with zero attached hydrogens (tertiary/aromatic N) is 1. The largest absolute Gasteiger partial charge is 0.391 e. The topological polar surface area (TPSA) is 108 Å². The number of β-amino-alcohol motifs (C(OH)–C–C–N with tert-alkyl or cyclic N) is 1. The third-order valence-electron chi connectivity index (χ3n) is 6.69. The average Bonchev–Trinajstić information content (AvgIpc) is 3.50. The molecule has 190 valence electrons. The Morgan fingerprint density at radius 1 is 1.32 bits per heavy atom. The van der Waals surface area contributed by atoms with Gasteiger partial charge in [-0.25, -0.2) is 4.39 Å². The average molecular weight is 542 g/mol. The van der Waals surface area contributed by atoms with Crippen molar-refractivity contribution in [2.45, 2.75) is 83.6 Å². The third-order valence-corrected chi connectivity index (χ3v) is 7.19. The van der Waals surface area contributed by atoms with Crippen LogP contribution in [0.1, 0.15) is 52.5 Å². The molecule has 3 rings (SSSR count). The summed E-state index contributed by atoms with van der Waals surface area (Å²) in [4.78, 5) is 28.2. The van der Waals surface area contributed by atoms with Crippen LogP contribution in [0.2, 0.25) is 0 Å². The van der Waals surface area contributed by atoms with Gasteiger partial charge in [0.05, 0.1) is 12.1 Å². The van der Waals surface area contributed by atoms with Crippen LogP contribution in [-0.2, 0) is 16.0 Å². The van der Waals surface area contributed by atoms with E-state index < -0.39 is 23.6 Å². The number of nitrogens with one attached hydrogen (secondary N) is 2. The van der Waals surface area contributed by atoms with Gasteiger partial charge in [-0.1, -0.05) is 42.8 Å². The summed E-state index contributed by atoms with van der Waals surface area (Å²) in [6.45, 7) is 8.36. The van der Waals surface area contributed by atoms with E-state index in [9.17, 15) is 19.1 Å². The zero-order valence-electron chi connectivity index (χ0n) is 20.5. The van der Waals surface area contributed by atoms with Crippen LogP contribution in [0.5, 0.6) is 0 Å². The number of aliphatic hydroxyl groups is 1. The van der Waals surface area contributed by atoms with Crippen LogP contribution in [0.25, 0.3) is 0 Å². The predicted molar refractivity (Wildman–Crippen MR) is 133 cm³/mol. The van der Waals surface area contributed by atoms with E-state index in [0.29, 0.717) is 28.9 Å². The van der Waals surface area contributed by atoms with Crippen LogP contribution >= 0.6 is 15.9 Å². The number of hydrogen-bond acceptors (Lipinski definition) is 5. The fraction of sp³-hybridized carbons (Fsp3) is 0.680. The summed E-state index contributed by atoms with van der Waals surface area (Å²) in [6.07, 6.45) is 1.97. The number of halogens is 2. The van der Waals surface area contributed by atoms with Gasteiger partial charge in [-0.2, -0.15) is 0 Å². The van der Waals surface area contributed by atoms with Crippen LogP contribution in [-0.4, -0.2) is 65.2 Å². The Balaban J connectivity index is 1.66. The van der Waals surface area contributed by atoms with Gasteiger partial charge in [0.1, 0.15) is 11.9 Å². The lowest BCUT2D eigenvalue weighted by Gasteiger charge is -2.36. The van der Waals surface area contributed by atoms with Crippen LogP contribution in [0.15, 0.2) is 22.7 Å². The molecule has 5 unspecified atom stereocenters. The zero-order valence-corrected chi connectivity index (χ0v) is 22.1. The van der Waals surface area contributed by atoms with Gasteiger partial charge in [0, 0.05) is 36.1 Å². The molecular weight excluding hydrogens is 503 g/mol. The van der Waals surface area contributed by atoms with Crippen molar-refractivity contribution in [3.05, 3.63) is 34.1 Å². The van der Waals surface area contributed by atoms with Gasteiger partial charge in [-0.05, 0) is 55.2 Å². The second-order valence-corrected chi connectivity index (χ2v) is 11.9. The smallest absolute Gasteiger partial charge is 0.243 e. The number of benzene rings is 1. The Hall–Kier alpha value is -1.55. The first-order valence-corrected chi connectivity index (χ1v) is 12.9. The predicted octanol–water partition coefficient (Wildman–Crippen LogP) is 2.34. The summed E-state index contributed by atoms with van der Waals surface area (Å²) in [5, 5.41) is 16.6. The van der Waals surface area contributed by atoms with Crippen molar-refractivity contribution in [1.29, 1.82) is 0 Å². The van der Waals surface area contributed by atoms with E-state index in [0.717, 1.165) is 12.8 Å². The Morgan fingerprint density at radius 3 is 2.59 bits per heavy atom. The minimum absolute atomic E-state index is 0.000712. The molecule has 2 fully saturated rings. The summed E-state index contributed by atoms with van der Waals surface area (Å²) >= 11 is 3.24. The highest BCUT2D eigenvalue weighted by atomic mass is 79.9. The van der Waals surface area contributed by atoms with Gasteiger partial charge in [0.2, 0.25) is 11.8 Å². The molecule has 1 aromatic rings. The lowest BCUT2D eigenvalue weighted by Crippen LogP contribution is -2.58. The van der Waals surface area contributed by atoms with Crippen molar-refractivity contribution in [3.63, 3.8) is 0 Å². The number of rotatable bonds is 9. The third kappa shape index (κ3) is 6.99. The van der Waals surface area contributed by atoms with Crippen molar-refractivity contribution in [2.24, 2.45) is 17.1 Å². The van der Waals surface area contributed by atoms with E-state index in [1.54, 1.807) is 19.1 Å². The Kier molecular flexibility index (Phi) is 8.76. The van der Waals surface area contributed by atoms with Crippen LogP contribution in [0.3, 0.4) is 0 Å². The first-order valence-electron chi connectivity index (χ1n) is 12.1. The highest BCUT2D eigenvalue weighted by molar-refractivity contribution is 9.10. The molecule has 1 saturated heterocycles. The fourth-order valence-electron chi connectivity index (χ4n) is 4.59. The minimum atomic E-state index is -0.775. The first kappa shape index (κ1) is 27.0. The van der Waals surface area contributed by atoms with Crippen LogP contribution < -0.4 is 16.4 Å². The summed E-state index contributed by atoms with van der Waals surface area (Å²) in [6, 6.07) is 3.19. The number of carbonyl (C=O) groups is 2. The number of nitrogens with two attached hydrogens (primary N) is 1. The van der Waals surface area contributed by atoms with Gasteiger partial charge < -0.3 is 26.4 Å². The van der Waals surface area contributed by atoms with E-state index in [1.807, 2.05) is 20.8 Å². The van der Waals surface area contributed by atoms with Gasteiger partial charge in [0.15, 0.2) is 0 Å². The van der Waals surface area contributed by atoms with Gasteiger partial charge in [0.25, 0.3) is 0 Å². The molecule has 0 aromatic heterocycles. The van der Waals surface area contributed by atoms with E-state index in [4.69, 9.17) is 5.73 Å². The van der Waals surface area contributed by atoms with Crippen LogP contribution in [0, 0.1) is 17.2 Å². The molecule has 9 heteroatoms. The molecule has 2 amide bonds. The van der Waals surface area contributed by atoms with E-state index in [1.165, 1.54) is 11.0 Å². The van der Waals surface area contributed by atoms with Gasteiger partial charge in [-0.3, -0.25) is 9.59 Å². The molecule has 34 heavy (non-hydrogen) atoms. The zero-order chi connectivity index (χ0) is 25.2. The van der Waals surface area contributed by atoms with E-state index in [2.05, 4.69) is 26.6 Å². The first-order chi connectivity index (χ1) is 15.9. The van der Waals surface area contributed by atoms with Gasteiger partial charge >= 0.3 is 0 Å². The minimum Gasteiger partial charge on any atom is -0.391 e. The Morgan fingerprint density at radius 2 is 2.00 bits per heavy atom. The highest BCUT2D eigenvalue weighted by Crippen LogP contribution is 2.32. The maximum atomic E-state index is 14.2. The maximum absolute atomic E-state index is 14.2. The second-order valence-electron chi connectivity index (χ2n) is 11.0. The standard InChI is InChI=1S/C25H38BrFN4O3/c1-14(9-16-7-8-17(26)10-19(16)27)30-23(33)21-11-18(32)13-31(21)24(34)22(25(2,3)4)29-12-20(28)15-5-6-15/h7-8,10,14-15,18,20-22,29,32H,5-6,9,11-13,28H2,1-4H3,(H,30,33). The molecule has 1 aliphatic carbocycles. The SMILES string of the molecule is CC(Cc1ccc(Br)cc1F)NC(=O)C1CC(O)CN1C(=O)C(NCC(N)C1CC1)C(C)(C)C.